The molecular formula is C28H32N4O2. The maximum Gasteiger partial charge on any atom is 0.254 e. The smallest absolute Gasteiger partial charge is 0.254 e. The third-order valence-corrected chi connectivity index (χ3v) is 7.93. The van der Waals surface area contributed by atoms with Gasteiger partial charge in [-0.3, -0.25) is 14.7 Å². The summed E-state index contributed by atoms with van der Waals surface area (Å²) >= 11 is 0. The number of benzene rings is 2. The van der Waals surface area contributed by atoms with Crippen LogP contribution in [0.4, 0.5) is 5.69 Å². The van der Waals surface area contributed by atoms with E-state index in [2.05, 4.69) is 51.2 Å². The number of nitrogens with zero attached hydrogens (tertiary/aromatic N) is 4. The Labute approximate surface area is 200 Å². The molecule has 0 spiro atoms. The molecular weight excluding hydrogens is 424 g/mol. The number of carbonyl (C=O) groups excluding carboxylic acids is 1. The number of hydrogen-bond donors (Lipinski definition) is 1. The van der Waals surface area contributed by atoms with Crippen LogP contribution in [0, 0.1) is 0 Å². The lowest BCUT2D eigenvalue weighted by molar-refractivity contribution is 0.0192. The molecule has 1 amide bonds. The van der Waals surface area contributed by atoms with E-state index < -0.39 is 6.10 Å². The predicted molar refractivity (Wildman–Crippen MR) is 134 cm³/mol. The minimum Gasteiger partial charge on any atom is -0.391 e. The highest BCUT2D eigenvalue weighted by molar-refractivity contribution is 6.05. The zero-order chi connectivity index (χ0) is 23.1. The molecule has 176 valence electrons. The van der Waals surface area contributed by atoms with Crippen LogP contribution >= 0.6 is 0 Å². The summed E-state index contributed by atoms with van der Waals surface area (Å²) in [5, 5.41) is 13.0. The third kappa shape index (κ3) is 3.85. The first-order chi connectivity index (χ1) is 16.7. The summed E-state index contributed by atoms with van der Waals surface area (Å²) < 4.78 is 0. The van der Waals surface area contributed by atoms with E-state index in [1.807, 2.05) is 23.4 Å². The highest BCUT2D eigenvalue weighted by Gasteiger charge is 2.38. The summed E-state index contributed by atoms with van der Waals surface area (Å²) in [6, 6.07) is 14.7. The normalized spacial score (nSPS) is 23.5. The van der Waals surface area contributed by atoms with Crippen LogP contribution in [0.2, 0.25) is 0 Å². The van der Waals surface area contributed by atoms with Crippen LogP contribution in [0.25, 0.3) is 10.8 Å². The number of carbonyl (C=O) groups is 1. The van der Waals surface area contributed by atoms with Crippen LogP contribution in [0.15, 0.2) is 54.9 Å². The topological polar surface area (TPSA) is 59.9 Å². The number of fused-ring (bicyclic) bond motifs is 3. The number of rotatable bonds is 4. The fraction of sp³-hybridized carbons (Fsp3) is 0.429. The quantitative estimate of drug-likeness (QED) is 0.647. The molecule has 0 unspecified atom stereocenters. The van der Waals surface area contributed by atoms with Crippen molar-refractivity contribution in [2.24, 2.45) is 0 Å². The van der Waals surface area contributed by atoms with E-state index in [4.69, 9.17) is 0 Å². The van der Waals surface area contributed by atoms with Crippen molar-refractivity contribution in [2.45, 2.75) is 50.9 Å². The van der Waals surface area contributed by atoms with E-state index in [9.17, 15) is 9.90 Å². The minimum absolute atomic E-state index is 0.0589. The Morgan fingerprint density at radius 1 is 0.971 bits per heavy atom. The summed E-state index contributed by atoms with van der Waals surface area (Å²) in [7, 11) is 0. The fourth-order valence-electron chi connectivity index (χ4n) is 6.07. The van der Waals surface area contributed by atoms with Gasteiger partial charge in [0.25, 0.3) is 5.91 Å². The molecule has 6 rings (SSSR count). The average Bonchev–Trinajstić information content (AvgIpc) is 3.21. The Bertz CT molecular complexity index is 1190. The molecule has 0 bridgehead atoms. The average molecular weight is 457 g/mol. The molecule has 2 aliphatic heterocycles. The summed E-state index contributed by atoms with van der Waals surface area (Å²) in [4.78, 5) is 24.6. The van der Waals surface area contributed by atoms with Gasteiger partial charge in [-0.2, -0.15) is 0 Å². The van der Waals surface area contributed by atoms with Crippen LogP contribution in [0.1, 0.15) is 47.2 Å². The monoisotopic (exact) mass is 456 g/mol. The number of aliphatic hydroxyl groups excluding tert-OH is 1. The molecule has 2 aromatic carbocycles. The van der Waals surface area contributed by atoms with Crippen LogP contribution in [0.3, 0.4) is 0 Å². The SMILES string of the molecule is O=C1c2cc(CN3CCN(c4cccnc4)CC3)c3ccccc3c2CN1[C@H]1CCCC[C@@H]1O. The van der Waals surface area contributed by atoms with Gasteiger partial charge in [-0.25, -0.2) is 0 Å². The van der Waals surface area contributed by atoms with Crippen molar-refractivity contribution in [1.82, 2.24) is 14.8 Å². The molecule has 0 radical (unpaired) electrons. The van der Waals surface area contributed by atoms with Crippen molar-refractivity contribution in [2.75, 3.05) is 31.1 Å². The second-order valence-corrected chi connectivity index (χ2v) is 9.93. The zero-order valence-corrected chi connectivity index (χ0v) is 19.6. The van der Waals surface area contributed by atoms with Crippen LogP contribution in [0.5, 0.6) is 0 Å². The Morgan fingerprint density at radius 2 is 1.76 bits per heavy atom. The standard InChI is InChI=1S/C28H32N4O2/c33-27-10-4-3-9-26(27)32-19-25-23-8-2-1-7-22(23)20(16-24(25)28(32)34)18-30-12-14-31(15-13-30)21-6-5-11-29-17-21/h1-2,5-8,11,16-17,26-27,33H,3-4,9-10,12-15,18-19H2/t26-,27-/m0/s1. The molecule has 1 aliphatic carbocycles. The van der Waals surface area contributed by atoms with Gasteiger partial charge in [0.2, 0.25) is 0 Å². The maximum absolute atomic E-state index is 13.5. The molecule has 3 aliphatic rings. The lowest BCUT2D eigenvalue weighted by atomic mass is 9.91. The van der Waals surface area contributed by atoms with E-state index in [-0.39, 0.29) is 11.9 Å². The molecule has 6 nitrogen and oxygen atoms in total. The number of amides is 1. The van der Waals surface area contributed by atoms with E-state index in [0.717, 1.165) is 69.5 Å². The highest BCUT2D eigenvalue weighted by atomic mass is 16.3. The van der Waals surface area contributed by atoms with Gasteiger partial charge in [0, 0.05) is 51.0 Å². The van der Waals surface area contributed by atoms with Crippen molar-refractivity contribution in [3.8, 4) is 0 Å². The minimum atomic E-state index is -0.408. The van der Waals surface area contributed by atoms with Crippen LogP contribution < -0.4 is 4.90 Å². The van der Waals surface area contributed by atoms with Crippen LogP contribution in [-0.4, -0.2) is 64.1 Å². The van der Waals surface area contributed by atoms with Gasteiger partial charge in [-0.1, -0.05) is 37.1 Å². The molecule has 34 heavy (non-hydrogen) atoms. The maximum atomic E-state index is 13.5. The van der Waals surface area contributed by atoms with Gasteiger partial charge in [-0.15, -0.1) is 0 Å². The molecule has 1 saturated heterocycles. The summed E-state index contributed by atoms with van der Waals surface area (Å²) in [5.41, 5.74) is 4.37. The van der Waals surface area contributed by atoms with Gasteiger partial charge >= 0.3 is 0 Å². The molecule has 3 heterocycles. The molecule has 6 heteroatoms. The Balaban J connectivity index is 1.25. The van der Waals surface area contributed by atoms with E-state index >= 15 is 0 Å². The van der Waals surface area contributed by atoms with E-state index in [0.29, 0.717) is 6.54 Å². The van der Waals surface area contributed by atoms with Gasteiger partial charge in [-0.05, 0) is 52.9 Å². The van der Waals surface area contributed by atoms with Crippen molar-refractivity contribution in [3.05, 3.63) is 71.5 Å². The number of hydrogen-bond acceptors (Lipinski definition) is 5. The second kappa shape index (κ2) is 9.01. The largest absolute Gasteiger partial charge is 0.391 e. The van der Waals surface area contributed by atoms with Gasteiger partial charge in [0.05, 0.1) is 24.0 Å². The van der Waals surface area contributed by atoms with E-state index in [1.54, 1.807) is 0 Å². The van der Waals surface area contributed by atoms with Gasteiger partial charge < -0.3 is 14.9 Å². The predicted octanol–water partition coefficient (Wildman–Crippen LogP) is 3.82. The Hall–Kier alpha value is -2.96. The Kier molecular flexibility index (Phi) is 5.71. The molecule has 2 fully saturated rings. The van der Waals surface area contributed by atoms with Crippen molar-refractivity contribution in [1.29, 1.82) is 0 Å². The molecule has 1 N–H and O–H groups in total. The first kappa shape index (κ1) is 21.6. The highest BCUT2D eigenvalue weighted by Crippen LogP contribution is 2.37. The number of piperazine rings is 1. The lowest BCUT2D eigenvalue weighted by Crippen LogP contribution is -2.46. The third-order valence-electron chi connectivity index (χ3n) is 7.93. The summed E-state index contributed by atoms with van der Waals surface area (Å²) in [6.07, 6.45) is 7.16. The molecule has 2 atom stereocenters. The van der Waals surface area contributed by atoms with Gasteiger partial charge in [0.1, 0.15) is 0 Å². The van der Waals surface area contributed by atoms with Crippen molar-refractivity contribution < 1.29 is 9.90 Å². The fourth-order valence-corrected chi connectivity index (χ4v) is 6.07. The number of aromatic nitrogens is 1. The first-order valence-corrected chi connectivity index (χ1v) is 12.6. The molecule has 3 aromatic rings. The summed E-state index contributed by atoms with van der Waals surface area (Å²) in [5.74, 6) is 0.0920. The van der Waals surface area contributed by atoms with Crippen LogP contribution in [-0.2, 0) is 13.1 Å². The summed E-state index contributed by atoms with van der Waals surface area (Å²) in [6.45, 7) is 5.36. The number of anilines is 1. The van der Waals surface area contributed by atoms with Crippen molar-refractivity contribution >= 4 is 22.4 Å². The number of aliphatic hydroxyl groups is 1. The lowest BCUT2D eigenvalue weighted by Gasteiger charge is -2.36. The second-order valence-electron chi connectivity index (χ2n) is 9.93. The van der Waals surface area contributed by atoms with E-state index in [1.165, 1.54) is 22.0 Å². The molecule has 1 aromatic heterocycles. The zero-order valence-electron chi connectivity index (χ0n) is 19.6. The first-order valence-electron chi connectivity index (χ1n) is 12.6. The Morgan fingerprint density at radius 3 is 2.53 bits per heavy atom. The number of pyridine rings is 1. The molecule has 1 saturated carbocycles. The van der Waals surface area contributed by atoms with Crippen molar-refractivity contribution in [3.63, 3.8) is 0 Å². The van der Waals surface area contributed by atoms with Gasteiger partial charge in [0.15, 0.2) is 0 Å².